The smallest absolute Gasteiger partial charge is 0.274 e. The van der Waals surface area contributed by atoms with Crippen molar-refractivity contribution in [3.8, 4) is 11.3 Å². The predicted octanol–water partition coefficient (Wildman–Crippen LogP) is 7.98. The summed E-state index contributed by atoms with van der Waals surface area (Å²) in [5, 5.41) is 13.3. The fourth-order valence-corrected chi connectivity index (χ4v) is 14.3. The van der Waals surface area contributed by atoms with Crippen molar-refractivity contribution >= 4 is 69.6 Å². The Kier molecular flexibility index (Phi) is 14.5. The molecule has 5 fully saturated rings. The van der Waals surface area contributed by atoms with Gasteiger partial charge in [0.25, 0.3) is 23.6 Å². The number of amides is 7. The second-order valence-corrected chi connectivity index (χ2v) is 25.0. The van der Waals surface area contributed by atoms with Gasteiger partial charge in [-0.3, -0.25) is 53.4 Å². The van der Waals surface area contributed by atoms with Crippen LogP contribution in [0.25, 0.3) is 22.3 Å². The highest BCUT2D eigenvalue weighted by Gasteiger charge is 2.56. The molecule has 1 atom stereocenters. The van der Waals surface area contributed by atoms with E-state index in [4.69, 9.17) is 15.1 Å². The van der Waals surface area contributed by atoms with E-state index in [1.807, 2.05) is 66.2 Å². The zero-order chi connectivity index (χ0) is 59.2. The van der Waals surface area contributed by atoms with Crippen LogP contribution in [0.15, 0.2) is 73.2 Å². The summed E-state index contributed by atoms with van der Waals surface area (Å²) < 4.78 is 19.8. The first kappa shape index (κ1) is 56.0. The van der Waals surface area contributed by atoms with E-state index in [-0.39, 0.29) is 66.0 Å². The lowest BCUT2D eigenvalue weighted by Gasteiger charge is -2.48. The van der Waals surface area contributed by atoms with Crippen LogP contribution in [0.1, 0.15) is 169 Å². The van der Waals surface area contributed by atoms with Crippen LogP contribution in [-0.2, 0) is 26.3 Å². The van der Waals surface area contributed by atoms with Gasteiger partial charge in [0.2, 0.25) is 17.7 Å². The number of halogens is 1. The van der Waals surface area contributed by atoms with Crippen LogP contribution in [0.3, 0.4) is 0 Å². The van der Waals surface area contributed by atoms with Crippen molar-refractivity contribution in [3.05, 3.63) is 118 Å². The molecule has 13 rings (SSSR count). The van der Waals surface area contributed by atoms with Crippen LogP contribution in [0.5, 0.6) is 0 Å². The first-order chi connectivity index (χ1) is 40.9. The Hall–Kier alpha value is -8.17. The van der Waals surface area contributed by atoms with Gasteiger partial charge < -0.3 is 29.9 Å². The molecule has 6 aromatic rings. The predicted molar refractivity (Wildman–Crippen MR) is 316 cm³/mol. The molecule has 3 aromatic carbocycles. The largest absolute Gasteiger partial charge is 0.350 e. The summed E-state index contributed by atoms with van der Waals surface area (Å²) in [4.78, 5) is 115. The van der Waals surface area contributed by atoms with E-state index >= 15 is 9.18 Å². The maximum Gasteiger partial charge on any atom is 0.274 e. The van der Waals surface area contributed by atoms with Gasteiger partial charge in [-0.1, -0.05) is 30.7 Å². The Labute approximate surface area is 492 Å². The number of piperidine rings is 4. The molecule has 20 nitrogen and oxygen atoms in total. The molecule has 1 aliphatic carbocycles. The number of nitrogens with zero attached hydrogens (tertiary/aromatic N) is 10. The second kappa shape index (κ2) is 22.0. The van der Waals surface area contributed by atoms with Crippen LogP contribution >= 0.6 is 0 Å². The Morgan fingerprint density at radius 2 is 1.59 bits per heavy atom. The number of pyridine rings is 1. The molecule has 442 valence electrons. The van der Waals surface area contributed by atoms with Crippen molar-refractivity contribution < 1.29 is 38.0 Å². The van der Waals surface area contributed by atoms with E-state index in [2.05, 4.69) is 42.8 Å². The lowest BCUT2D eigenvalue weighted by Crippen LogP contribution is -2.58. The van der Waals surface area contributed by atoms with Crippen molar-refractivity contribution in [2.45, 2.75) is 153 Å². The van der Waals surface area contributed by atoms with Crippen molar-refractivity contribution in [2.75, 3.05) is 49.5 Å². The topological polar surface area (TPSA) is 220 Å². The zero-order valence-corrected chi connectivity index (χ0v) is 48.8. The molecule has 85 heavy (non-hydrogen) atoms. The van der Waals surface area contributed by atoms with Gasteiger partial charge in [0, 0.05) is 86.3 Å². The fraction of sp³-hybridized carbons (Fsp3) is 0.469. The standard InChI is InChI=1S/C64H72FN13O7/c1-36(2)67-58(80)45-32-50(47(65)28-38(45)5)69-57-56-51(66-35-75(56)37(3)4)33-49(68-57)39-12-13-46-53(29-39)77(43-30-42(31-43)73-21-7-6-8-22-73)63(85)64(46)19-26-74(27-20-64)61(83)48-18-25-76(71-48)41-16-23-72(24-17-41)34-40-10-9-11-44-55(40)62(84)78(60(44)82)52-14-15-54(79)70-59(52)81/h9-13,18,25,28-29,32-33,35-37,41-43,52H,6-8,14-17,19-24,26-27,30-31,34H2,1-5H3,(H,67,80)(H,68,69)(H,70,79,81)/t42-,43+,52?. The molecule has 1 unspecified atom stereocenters. The molecular weight excluding hydrogens is 1080 g/mol. The minimum Gasteiger partial charge on any atom is -0.350 e. The van der Waals surface area contributed by atoms with E-state index in [1.54, 1.807) is 31.5 Å². The number of nitrogens with one attached hydrogen (secondary N) is 3. The number of fused-ring (bicyclic) bond motifs is 4. The number of imidazole rings is 1. The van der Waals surface area contributed by atoms with Gasteiger partial charge >= 0.3 is 0 Å². The van der Waals surface area contributed by atoms with E-state index in [0.717, 1.165) is 60.5 Å². The number of aromatic nitrogens is 5. The van der Waals surface area contributed by atoms with Crippen LogP contribution in [0.2, 0.25) is 0 Å². The van der Waals surface area contributed by atoms with Crippen LogP contribution in [-0.4, -0.2) is 149 Å². The number of carbonyl (C=O) groups is 7. The number of likely N-dealkylation sites (tertiary alicyclic amines) is 3. The quantitative estimate of drug-likeness (QED) is 0.0936. The molecule has 7 amide bonds. The third-order valence-electron chi connectivity index (χ3n) is 19.0. The van der Waals surface area contributed by atoms with Crippen LogP contribution < -0.4 is 20.9 Å². The maximum atomic E-state index is 16.0. The summed E-state index contributed by atoms with van der Waals surface area (Å²) in [6, 6.07) is 17.3. The summed E-state index contributed by atoms with van der Waals surface area (Å²) in [6.45, 7) is 14.3. The van der Waals surface area contributed by atoms with Crippen molar-refractivity contribution in [3.63, 3.8) is 0 Å². The SMILES string of the molecule is Cc1cc(F)c(Nc2nc(-c3ccc4c(c3)N([C@H]3C[C@@H](N5CCCCC5)C3)C(=O)C43CCN(C(=O)c4ccn(C5CCN(Cc6cccc7c6C(=O)N(C6CCC(=O)NC6=O)C7=O)CC5)n4)CC3)cc3ncn(C(C)C)c23)cc1C(=O)NC(C)C. The molecule has 6 aliphatic heterocycles. The van der Waals surface area contributed by atoms with Gasteiger partial charge in [-0.25, -0.2) is 14.4 Å². The van der Waals surface area contributed by atoms with Gasteiger partial charge in [0.05, 0.1) is 45.8 Å². The zero-order valence-electron chi connectivity index (χ0n) is 48.8. The second-order valence-electron chi connectivity index (χ2n) is 25.0. The molecule has 0 bridgehead atoms. The molecule has 3 aromatic heterocycles. The van der Waals surface area contributed by atoms with Gasteiger partial charge in [-0.05, 0) is 159 Å². The average Bonchev–Trinajstić information content (AvgIpc) is 1.74. The summed E-state index contributed by atoms with van der Waals surface area (Å²) >= 11 is 0. The average molecular weight is 1150 g/mol. The normalized spacial score (nSPS) is 22.0. The third-order valence-corrected chi connectivity index (χ3v) is 19.0. The molecule has 1 saturated carbocycles. The van der Waals surface area contributed by atoms with Crippen LogP contribution in [0.4, 0.5) is 21.6 Å². The minimum atomic E-state index is -1.03. The highest BCUT2D eigenvalue weighted by atomic mass is 19.1. The maximum absolute atomic E-state index is 16.0. The fourth-order valence-electron chi connectivity index (χ4n) is 14.3. The number of hydrogen-bond acceptors (Lipinski definition) is 13. The van der Waals surface area contributed by atoms with E-state index in [9.17, 15) is 28.8 Å². The van der Waals surface area contributed by atoms with Gasteiger partial charge in [-0.2, -0.15) is 5.10 Å². The number of imide groups is 2. The number of hydrogen-bond donors (Lipinski definition) is 3. The van der Waals surface area contributed by atoms with E-state index in [0.29, 0.717) is 102 Å². The molecule has 21 heteroatoms. The molecule has 3 N–H and O–H groups in total. The third kappa shape index (κ3) is 9.95. The molecule has 9 heterocycles. The first-order valence-corrected chi connectivity index (χ1v) is 30.3. The number of benzene rings is 3. The summed E-state index contributed by atoms with van der Waals surface area (Å²) in [5.74, 6) is -2.66. The number of rotatable bonds is 13. The highest BCUT2D eigenvalue weighted by Crippen LogP contribution is 2.52. The lowest BCUT2D eigenvalue weighted by molar-refractivity contribution is -0.136. The minimum absolute atomic E-state index is 0.000935. The molecule has 1 spiro atoms. The van der Waals surface area contributed by atoms with Crippen molar-refractivity contribution in [2.24, 2.45) is 0 Å². The molecule has 7 aliphatic rings. The highest BCUT2D eigenvalue weighted by molar-refractivity contribution is 6.24. The Bertz CT molecular complexity index is 3730. The monoisotopic (exact) mass is 1150 g/mol. The Morgan fingerprint density at radius 1 is 0.824 bits per heavy atom. The van der Waals surface area contributed by atoms with E-state index < -0.39 is 40.9 Å². The van der Waals surface area contributed by atoms with Crippen molar-refractivity contribution in [1.29, 1.82) is 0 Å². The van der Waals surface area contributed by atoms with Gasteiger partial charge in [-0.15, -0.1) is 0 Å². The summed E-state index contributed by atoms with van der Waals surface area (Å²) in [7, 11) is 0. The molecular formula is C64H72FN13O7. The first-order valence-electron chi connectivity index (χ1n) is 30.3. The van der Waals surface area contributed by atoms with Gasteiger partial charge in [0.15, 0.2) is 5.82 Å². The number of aryl methyl sites for hydroxylation is 1. The van der Waals surface area contributed by atoms with Crippen molar-refractivity contribution in [1.82, 2.24) is 54.5 Å². The number of carbonyl (C=O) groups excluding carboxylic acids is 7. The van der Waals surface area contributed by atoms with E-state index in [1.165, 1.54) is 31.4 Å². The Morgan fingerprint density at radius 3 is 2.32 bits per heavy atom. The van der Waals surface area contributed by atoms with Crippen LogP contribution in [0, 0.1) is 12.7 Å². The summed E-state index contributed by atoms with van der Waals surface area (Å²) in [5.41, 5.74) is 6.25. The molecule has 0 radical (unpaired) electrons. The number of anilines is 3. The lowest BCUT2D eigenvalue weighted by atomic mass is 9.73. The Balaban J connectivity index is 0.719. The molecule has 4 saturated heterocycles. The summed E-state index contributed by atoms with van der Waals surface area (Å²) in [6.07, 6.45) is 11.5. The van der Waals surface area contributed by atoms with Gasteiger partial charge in [0.1, 0.15) is 23.1 Å².